The molecule has 5 heteroatoms. The summed E-state index contributed by atoms with van der Waals surface area (Å²) in [7, 11) is 0. The van der Waals surface area contributed by atoms with Gasteiger partial charge in [0.25, 0.3) is 0 Å². The van der Waals surface area contributed by atoms with Gasteiger partial charge in [-0.05, 0) is 66.1 Å². The minimum absolute atomic E-state index is 0.337. The third-order valence-corrected chi connectivity index (χ3v) is 3.83. The quantitative estimate of drug-likeness (QED) is 0.787. The number of aromatic hydroxyl groups is 1. The first-order valence-electron chi connectivity index (χ1n) is 6.60. The van der Waals surface area contributed by atoms with E-state index in [1.807, 2.05) is 32.2 Å². The molecular formula is C15H18IN3O. The first-order chi connectivity index (χ1) is 9.52. The molecule has 2 rings (SSSR count). The minimum atomic E-state index is 0.337. The second kappa shape index (κ2) is 6.39. The number of hydrogen-bond donors (Lipinski definition) is 2. The van der Waals surface area contributed by atoms with Gasteiger partial charge in [0.2, 0.25) is 0 Å². The van der Waals surface area contributed by atoms with Crippen LogP contribution in [0.2, 0.25) is 0 Å². The van der Waals surface area contributed by atoms with Crippen molar-refractivity contribution in [2.24, 2.45) is 0 Å². The maximum Gasteiger partial charge on any atom is 0.161 e. The van der Waals surface area contributed by atoms with Crippen LogP contribution in [0.1, 0.15) is 24.5 Å². The van der Waals surface area contributed by atoms with Gasteiger partial charge in [-0.25, -0.2) is 9.97 Å². The first-order valence-corrected chi connectivity index (χ1v) is 7.67. The van der Waals surface area contributed by atoms with Crippen LogP contribution in [0, 0.1) is 17.4 Å². The Hall–Kier alpha value is -1.37. The lowest BCUT2D eigenvalue weighted by atomic mass is 10.1. The zero-order valence-corrected chi connectivity index (χ0v) is 14.0. The zero-order valence-electron chi connectivity index (χ0n) is 11.9. The molecule has 1 aromatic carbocycles. The molecule has 0 radical (unpaired) electrons. The van der Waals surface area contributed by atoms with Gasteiger partial charge in [0.05, 0.1) is 3.57 Å². The Morgan fingerprint density at radius 2 is 1.90 bits per heavy atom. The smallest absolute Gasteiger partial charge is 0.161 e. The summed E-state index contributed by atoms with van der Waals surface area (Å²) in [6, 6.07) is 3.82. The van der Waals surface area contributed by atoms with Crippen LogP contribution in [0.5, 0.6) is 5.75 Å². The number of phenolic OH excluding ortho intramolecular Hbond substituents is 1. The lowest BCUT2D eigenvalue weighted by Gasteiger charge is -2.10. The molecule has 0 aliphatic heterocycles. The van der Waals surface area contributed by atoms with Crippen molar-refractivity contribution in [1.29, 1.82) is 0 Å². The molecule has 0 aliphatic rings. The van der Waals surface area contributed by atoms with Gasteiger partial charge in [0.15, 0.2) is 5.82 Å². The standard InChI is InChI=1S/C15H18IN3O/c1-4-5-17-15-12(16)8-18-14(19-15)11-6-9(2)13(20)10(3)7-11/h6-8,20H,4-5H2,1-3H3,(H,17,18,19). The van der Waals surface area contributed by atoms with Crippen LogP contribution in [0.25, 0.3) is 11.4 Å². The van der Waals surface area contributed by atoms with Crippen molar-refractivity contribution >= 4 is 28.4 Å². The van der Waals surface area contributed by atoms with E-state index in [1.165, 1.54) is 0 Å². The van der Waals surface area contributed by atoms with Crippen LogP contribution in [0.4, 0.5) is 5.82 Å². The number of benzene rings is 1. The molecule has 2 N–H and O–H groups in total. The van der Waals surface area contributed by atoms with Gasteiger partial charge in [-0.2, -0.15) is 0 Å². The first kappa shape index (κ1) is 15.0. The molecule has 2 aromatic rings. The van der Waals surface area contributed by atoms with E-state index in [0.717, 1.165) is 39.0 Å². The van der Waals surface area contributed by atoms with E-state index in [-0.39, 0.29) is 0 Å². The fraction of sp³-hybridized carbons (Fsp3) is 0.333. The average molecular weight is 383 g/mol. The van der Waals surface area contributed by atoms with Crippen LogP contribution in [-0.4, -0.2) is 21.6 Å². The van der Waals surface area contributed by atoms with Crippen LogP contribution < -0.4 is 5.32 Å². The van der Waals surface area contributed by atoms with E-state index in [4.69, 9.17) is 0 Å². The van der Waals surface area contributed by atoms with E-state index in [0.29, 0.717) is 11.6 Å². The maximum absolute atomic E-state index is 9.84. The van der Waals surface area contributed by atoms with Crippen LogP contribution in [0.15, 0.2) is 18.3 Å². The monoisotopic (exact) mass is 383 g/mol. The molecule has 4 nitrogen and oxygen atoms in total. The number of halogens is 1. The number of rotatable bonds is 4. The van der Waals surface area contributed by atoms with Crippen molar-refractivity contribution in [3.05, 3.63) is 33.0 Å². The Balaban J connectivity index is 2.42. The summed E-state index contributed by atoms with van der Waals surface area (Å²) in [5.41, 5.74) is 2.60. The number of phenols is 1. The van der Waals surface area contributed by atoms with Crippen molar-refractivity contribution < 1.29 is 5.11 Å². The molecule has 20 heavy (non-hydrogen) atoms. The van der Waals surface area contributed by atoms with Gasteiger partial charge in [-0.3, -0.25) is 0 Å². The topological polar surface area (TPSA) is 58.0 Å². The lowest BCUT2D eigenvalue weighted by molar-refractivity contribution is 0.467. The van der Waals surface area contributed by atoms with Crippen LogP contribution in [0.3, 0.4) is 0 Å². The fourth-order valence-electron chi connectivity index (χ4n) is 1.96. The van der Waals surface area contributed by atoms with Gasteiger partial charge in [0, 0.05) is 18.3 Å². The zero-order chi connectivity index (χ0) is 14.7. The third kappa shape index (κ3) is 3.20. The van der Waals surface area contributed by atoms with Gasteiger partial charge in [-0.15, -0.1) is 0 Å². The third-order valence-electron chi connectivity index (χ3n) is 3.04. The Morgan fingerprint density at radius 1 is 1.25 bits per heavy atom. The lowest BCUT2D eigenvalue weighted by Crippen LogP contribution is -2.05. The van der Waals surface area contributed by atoms with Crippen molar-refractivity contribution in [3.8, 4) is 17.1 Å². The molecule has 0 aliphatic carbocycles. The largest absolute Gasteiger partial charge is 0.507 e. The molecule has 0 atom stereocenters. The van der Waals surface area contributed by atoms with E-state index < -0.39 is 0 Å². The van der Waals surface area contributed by atoms with Crippen molar-refractivity contribution in [3.63, 3.8) is 0 Å². The van der Waals surface area contributed by atoms with Crippen LogP contribution >= 0.6 is 22.6 Å². The normalized spacial score (nSPS) is 10.6. The highest BCUT2D eigenvalue weighted by molar-refractivity contribution is 14.1. The van der Waals surface area contributed by atoms with Crippen LogP contribution in [-0.2, 0) is 0 Å². The molecular weight excluding hydrogens is 365 g/mol. The molecule has 0 unspecified atom stereocenters. The number of aryl methyl sites for hydroxylation is 2. The average Bonchev–Trinajstić information content (AvgIpc) is 2.43. The number of anilines is 1. The second-order valence-corrected chi connectivity index (χ2v) is 5.94. The second-order valence-electron chi connectivity index (χ2n) is 4.78. The maximum atomic E-state index is 9.84. The highest BCUT2D eigenvalue weighted by Gasteiger charge is 2.10. The number of hydrogen-bond acceptors (Lipinski definition) is 4. The molecule has 0 saturated heterocycles. The Morgan fingerprint density at radius 3 is 2.50 bits per heavy atom. The summed E-state index contributed by atoms with van der Waals surface area (Å²) in [4.78, 5) is 8.97. The van der Waals surface area contributed by atoms with Gasteiger partial charge in [-0.1, -0.05) is 6.92 Å². The number of nitrogens with zero attached hydrogens (tertiary/aromatic N) is 2. The summed E-state index contributed by atoms with van der Waals surface area (Å²) in [5.74, 6) is 1.87. The molecule has 106 valence electrons. The highest BCUT2D eigenvalue weighted by Crippen LogP contribution is 2.28. The molecule has 0 bridgehead atoms. The molecule has 1 aromatic heterocycles. The molecule has 0 fully saturated rings. The summed E-state index contributed by atoms with van der Waals surface area (Å²) in [6.07, 6.45) is 2.87. The number of aromatic nitrogens is 2. The van der Waals surface area contributed by atoms with Crippen molar-refractivity contribution in [2.45, 2.75) is 27.2 Å². The minimum Gasteiger partial charge on any atom is -0.507 e. The fourth-order valence-corrected chi connectivity index (χ4v) is 2.41. The van der Waals surface area contributed by atoms with E-state index in [9.17, 15) is 5.11 Å². The van der Waals surface area contributed by atoms with Gasteiger partial charge >= 0.3 is 0 Å². The molecule has 0 saturated carbocycles. The Bertz CT molecular complexity index is 606. The van der Waals surface area contributed by atoms with E-state index >= 15 is 0 Å². The highest BCUT2D eigenvalue weighted by atomic mass is 127. The summed E-state index contributed by atoms with van der Waals surface area (Å²) in [6.45, 7) is 6.78. The molecule has 0 spiro atoms. The number of nitrogens with one attached hydrogen (secondary N) is 1. The predicted octanol–water partition coefficient (Wildman–Crippen LogP) is 3.89. The van der Waals surface area contributed by atoms with Gasteiger partial charge < -0.3 is 10.4 Å². The van der Waals surface area contributed by atoms with Crippen molar-refractivity contribution in [1.82, 2.24) is 9.97 Å². The van der Waals surface area contributed by atoms with Crippen molar-refractivity contribution in [2.75, 3.05) is 11.9 Å². The predicted molar refractivity (Wildman–Crippen MR) is 90.1 cm³/mol. The molecule has 0 amide bonds. The summed E-state index contributed by atoms with van der Waals surface area (Å²) in [5, 5.41) is 13.1. The summed E-state index contributed by atoms with van der Waals surface area (Å²) >= 11 is 2.23. The van der Waals surface area contributed by atoms with E-state index in [1.54, 1.807) is 0 Å². The van der Waals surface area contributed by atoms with E-state index in [2.05, 4.69) is 44.8 Å². The Kier molecular flexibility index (Phi) is 4.80. The Labute approximate surface area is 132 Å². The SMILES string of the molecule is CCCNc1nc(-c2cc(C)c(O)c(C)c2)ncc1I. The summed E-state index contributed by atoms with van der Waals surface area (Å²) < 4.78 is 1.01. The molecule has 1 heterocycles. The van der Waals surface area contributed by atoms with Gasteiger partial charge in [0.1, 0.15) is 11.6 Å².